The molecule has 0 aromatic heterocycles. The van der Waals surface area contributed by atoms with Gasteiger partial charge in [-0.15, -0.1) is 0 Å². The maximum absolute atomic E-state index is 13.5. The quantitative estimate of drug-likeness (QED) is 0.579. The molecule has 1 atom stereocenters. The molecular formula is C27H28N2O4. The fraction of sp³-hybridized carbons (Fsp3) is 0.259. The van der Waals surface area contributed by atoms with Gasteiger partial charge in [-0.05, 0) is 29.3 Å². The van der Waals surface area contributed by atoms with Crippen molar-refractivity contribution in [2.24, 2.45) is 0 Å². The van der Waals surface area contributed by atoms with Gasteiger partial charge in [-0.1, -0.05) is 54.6 Å². The fourth-order valence-corrected chi connectivity index (χ4v) is 4.36. The van der Waals surface area contributed by atoms with Crippen molar-refractivity contribution in [1.82, 2.24) is 9.80 Å². The number of nitrogens with zero attached hydrogens (tertiary/aromatic N) is 2. The van der Waals surface area contributed by atoms with Crippen LogP contribution in [0.1, 0.15) is 15.9 Å². The number of methoxy groups -OCH3 is 2. The zero-order valence-corrected chi connectivity index (χ0v) is 19.2. The van der Waals surface area contributed by atoms with Gasteiger partial charge in [-0.3, -0.25) is 9.59 Å². The summed E-state index contributed by atoms with van der Waals surface area (Å²) in [6, 6.07) is 22.3. The minimum atomic E-state index is -0.614. The van der Waals surface area contributed by atoms with Crippen LogP contribution < -0.4 is 9.47 Å². The van der Waals surface area contributed by atoms with Crippen molar-refractivity contribution in [1.29, 1.82) is 0 Å². The molecule has 3 aromatic carbocycles. The molecule has 170 valence electrons. The zero-order chi connectivity index (χ0) is 23.4. The lowest BCUT2D eigenvalue weighted by atomic mass is 9.92. The van der Waals surface area contributed by atoms with Crippen LogP contribution in [0, 0.1) is 0 Å². The van der Waals surface area contributed by atoms with E-state index in [9.17, 15) is 9.59 Å². The van der Waals surface area contributed by atoms with Crippen LogP contribution in [-0.4, -0.2) is 62.0 Å². The average Bonchev–Trinajstić information content (AvgIpc) is 2.86. The van der Waals surface area contributed by atoms with Crippen molar-refractivity contribution < 1.29 is 19.1 Å². The molecule has 1 saturated heterocycles. The second-order valence-corrected chi connectivity index (χ2v) is 8.04. The molecule has 0 bridgehead atoms. The predicted octanol–water partition coefficient (Wildman–Crippen LogP) is 3.90. The minimum Gasteiger partial charge on any atom is -0.496 e. The summed E-state index contributed by atoms with van der Waals surface area (Å²) < 4.78 is 11.0. The number of carbonyl (C=O) groups excluding carboxylic acids is 2. The Morgan fingerprint density at radius 1 is 0.848 bits per heavy atom. The molecule has 3 aromatic rings. The Hall–Kier alpha value is -3.80. The third kappa shape index (κ3) is 4.42. The summed E-state index contributed by atoms with van der Waals surface area (Å²) in [5.41, 5.74) is 3.38. The highest BCUT2D eigenvalue weighted by Crippen LogP contribution is 2.33. The van der Waals surface area contributed by atoms with Crippen LogP contribution in [0.25, 0.3) is 11.1 Å². The topological polar surface area (TPSA) is 59.1 Å². The molecular weight excluding hydrogens is 416 g/mol. The van der Waals surface area contributed by atoms with Crippen LogP contribution in [0.3, 0.4) is 0 Å². The number of rotatable bonds is 6. The molecule has 0 spiro atoms. The van der Waals surface area contributed by atoms with Gasteiger partial charge in [0.25, 0.3) is 5.91 Å². The highest BCUT2D eigenvalue weighted by atomic mass is 16.5. The molecule has 1 aliphatic rings. The van der Waals surface area contributed by atoms with E-state index in [0.717, 1.165) is 22.4 Å². The van der Waals surface area contributed by atoms with Gasteiger partial charge in [0.2, 0.25) is 5.91 Å². The van der Waals surface area contributed by atoms with Gasteiger partial charge in [-0.25, -0.2) is 0 Å². The van der Waals surface area contributed by atoms with Crippen molar-refractivity contribution in [2.45, 2.75) is 12.5 Å². The fourth-order valence-electron chi connectivity index (χ4n) is 4.36. The normalized spacial score (nSPS) is 16.0. The Kier molecular flexibility index (Phi) is 6.63. The molecule has 6 heteroatoms. The van der Waals surface area contributed by atoms with Crippen molar-refractivity contribution >= 4 is 11.8 Å². The van der Waals surface area contributed by atoms with E-state index in [2.05, 4.69) is 0 Å². The molecule has 0 saturated carbocycles. The van der Waals surface area contributed by atoms with Gasteiger partial charge in [0.15, 0.2) is 0 Å². The molecule has 0 aliphatic carbocycles. The van der Waals surface area contributed by atoms with Crippen LogP contribution in [-0.2, 0) is 11.2 Å². The first-order valence-electron chi connectivity index (χ1n) is 11.0. The second kappa shape index (κ2) is 9.77. The standard InChI is InChI=1S/C27H28N2O4/c1-28-16-17-29(26(30)22-13-7-9-15-25(22)33-3)23(27(28)31)18-19-10-4-5-11-20(19)21-12-6-8-14-24(21)32-2/h4-15,23H,16-18H2,1-3H3/t23-/m1/s1. The van der Waals surface area contributed by atoms with Gasteiger partial charge in [0.05, 0.1) is 19.8 Å². The number of benzene rings is 3. The second-order valence-electron chi connectivity index (χ2n) is 8.04. The highest BCUT2D eigenvalue weighted by molar-refractivity contribution is 6.00. The van der Waals surface area contributed by atoms with Crippen molar-refractivity contribution in [3.63, 3.8) is 0 Å². The van der Waals surface area contributed by atoms with E-state index < -0.39 is 6.04 Å². The number of amides is 2. The Labute approximate surface area is 194 Å². The SMILES string of the molecule is COc1ccccc1C(=O)N1CCN(C)C(=O)[C@H]1Cc1ccccc1-c1ccccc1OC. The molecule has 1 heterocycles. The lowest BCUT2D eigenvalue weighted by molar-refractivity contribution is -0.138. The van der Waals surface area contributed by atoms with Gasteiger partial charge < -0.3 is 19.3 Å². The third-order valence-electron chi connectivity index (χ3n) is 6.14. The van der Waals surface area contributed by atoms with Crippen molar-refractivity contribution in [2.75, 3.05) is 34.4 Å². The van der Waals surface area contributed by atoms with Crippen molar-refractivity contribution in [3.05, 3.63) is 83.9 Å². The summed E-state index contributed by atoms with van der Waals surface area (Å²) in [5, 5.41) is 0. The number of para-hydroxylation sites is 2. The van der Waals surface area contributed by atoms with E-state index in [1.807, 2.05) is 54.6 Å². The maximum Gasteiger partial charge on any atom is 0.258 e. The maximum atomic E-state index is 13.5. The summed E-state index contributed by atoms with van der Waals surface area (Å²) in [4.78, 5) is 30.2. The third-order valence-corrected chi connectivity index (χ3v) is 6.14. The summed E-state index contributed by atoms with van der Waals surface area (Å²) >= 11 is 0. The molecule has 1 aliphatic heterocycles. The van der Waals surface area contributed by atoms with E-state index in [1.54, 1.807) is 49.3 Å². The minimum absolute atomic E-state index is 0.0701. The van der Waals surface area contributed by atoms with E-state index in [0.29, 0.717) is 30.8 Å². The number of carbonyl (C=O) groups is 2. The van der Waals surface area contributed by atoms with E-state index >= 15 is 0 Å². The van der Waals surface area contributed by atoms with Gasteiger partial charge in [0.1, 0.15) is 17.5 Å². The van der Waals surface area contributed by atoms with Gasteiger partial charge in [0, 0.05) is 32.1 Å². The first-order valence-corrected chi connectivity index (χ1v) is 11.0. The van der Waals surface area contributed by atoms with Gasteiger partial charge in [-0.2, -0.15) is 0 Å². The summed E-state index contributed by atoms with van der Waals surface area (Å²) in [6.45, 7) is 0.949. The largest absolute Gasteiger partial charge is 0.496 e. The summed E-state index contributed by atoms with van der Waals surface area (Å²) in [5.74, 6) is 0.994. The van der Waals surface area contributed by atoms with Crippen LogP contribution in [0.15, 0.2) is 72.8 Å². The van der Waals surface area contributed by atoms with Crippen LogP contribution >= 0.6 is 0 Å². The molecule has 6 nitrogen and oxygen atoms in total. The highest BCUT2D eigenvalue weighted by Gasteiger charge is 2.37. The number of piperazine rings is 1. The van der Waals surface area contributed by atoms with E-state index in [-0.39, 0.29) is 11.8 Å². The van der Waals surface area contributed by atoms with E-state index in [4.69, 9.17) is 9.47 Å². The molecule has 1 fully saturated rings. The van der Waals surface area contributed by atoms with E-state index in [1.165, 1.54) is 0 Å². The molecule has 2 amide bonds. The number of likely N-dealkylation sites (N-methyl/N-ethyl adjacent to an activating group) is 1. The summed E-state index contributed by atoms with van der Waals surface area (Å²) in [7, 11) is 4.98. The first-order chi connectivity index (χ1) is 16.0. The van der Waals surface area contributed by atoms with Crippen LogP contribution in [0.2, 0.25) is 0 Å². The molecule has 0 radical (unpaired) electrons. The lowest BCUT2D eigenvalue weighted by Gasteiger charge is -2.39. The number of hydrogen-bond donors (Lipinski definition) is 0. The Morgan fingerprint density at radius 2 is 1.45 bits per heavy atom. The monoisotopic (exact) mass is 444 g/mol. The smallest absolute Gasteiger partial charge is 0.258 e. The Balaban J connectivity index is 1.72. The Morgan fingerprint density at radius 3 is 2.18 bits per heavy atom. The lowest BCUT2D eigenvalue weighted by Crippen LogP contribution is -2.58. The number of hydrogen-bond acceptors (Lipinski definition) is 4. The Bertz CT molecular complexity index is 1160. The molecule has 33 heavy (non-hydrogen) atoms. The van der Waals surface area contributed by atoms with Gasteiger partial charge >= 0.3 is 0 Å². The molecule has 0 N–H and O–H groups in total. The average molecular weight is 445 g/mol. The predicted molar refractivity (Wildman–Crippen MR) is 128 cm³/mol. The molecule has 0 unspecified atom stereocenters. The molecule has 4 rings (SSSR count). The van der Waals surface area contributed by atoms with Crippen LogP contribution in [0.4, 0.5) is 0 Å². The van der Waals surface area contributed by atoms with Crippen molar-refractivity contribution in [3.8, 4) is 22.6 Å². The zero-order valence-electron chi connectivity index (χ0n) is 19.2. The first kappa shape index (κ1) is 22.4. The summed E-state index contributed by atoms with van der Waals surface area (Å²) in [6.07, 6.45) is 0.401. The van der Waals surface area contributed by atoms with Crippen LogP contribution in [0.5, 0.6) is 11.5 Å². The number of ether oxygens (including phenoxy) is 2.